The Balaban J connectivity index is 1.56. The van der Waals surface area contributed by atoms with E-state index in [2.05, 4.69) is 10.2 Å². The van der Waals surface area contributed by atoms with Gasteiger partial charge in [-0.05, 0) is 24.6 Å². The molecular formula is C17H21N3O4S. The quantitative estimate of drug-likeness (QED) is 0.727. The molecule has 1 aliphatic rings. The van der Waals surface area contributed by atoms with Gasteiger partial charge in [0.15, 0.2) is 0 Å². The van der Waals surface area contributed by atoms with Crippen LogP contribution >= 0.6 is 11.8 Å². The third kappa shape index (κ3) is 4.73. The SMILES string of the molecule is COc1ccc(Cc2nnc(SC(C)C(=O)N3CCOCC3)o2)cc1. The maximum Gasteiger partial charge on any atom is 0.277 e. The van der Waals surface area contributed by atoms with E-state index < -0.39 is 0 Å². The van der Waals surface area contributed by atoms with Crippen LogP contribution in [0.25, 0.3) is 0 Å². The van der Waals surface area contributed by atoms with Crippen LogP contribution in [0.5, 0.6) is 5.75 Å². The molecule has 0 spiro atoms. The van der Waals surface area contributed by atoms with Gasteiger partial charge in [0, 0.05) is 13.1 Å². The van der Waals surface area contributed by atoms with Crippen molar-refractivity contribution in [2.45, 2.75) is 23.8 Å². The number of methoxy groups -OCH3 is 1. The molecule has 134 valence electrons. The molecule has 1 aromatic carbocycles. The lowest BCUT2D eigenvalue weighted by molar-refractivity contribution is -0.134. The minimum atomic E-state index is -0.271. The minimum Gasteiger partial charge on any atom is -0.497 e. The van der Waals surface area contributed by atoms with Crippen LogP contribution in [0.4, 0.5) is 0 Å². The maximum absolute atomic E-state index is 12.4. The molecule has 7 nitrogen and oxygen atoms in total. The second-order valence-corrected chi connectivity index (χ2v) is 6.98. The van der Waals surface area contributed by atoms with E-state index in [1.54, 1.807) is 7.11 Å². The highest BCUT2D eigenvalue weighted by Gasteiger charge is 2.25. The van der Waals surface area contributed by atoms with E-state index >= 15 is 0 Å². The van der Waals surface area contributed by atoms with Crippen LogP contribution in [0, 0.1) is 0 Å². The number of hydrogen-bond donors (Lipinski definition) is 0. The van der Waals surface area contributed by atoms with E-state index in [0.29, 0.717) is 43.8 Å². The first-order valence-corrected chi connectivity index (χ1v) is 9.02. The molecule has 0 N–H and O–H groups in total. The van der Waals surface area contributed by atoms with Gasteiger partial charge in [-0.15, -0.1) is 10.2 Å². The van der Waals surface area contributed by atoms with Gasteiger partial charge >= 0.3 is 0 Å². The van der Waals surface area contributed by atoms with E-state index in [-0.39, 0.29) is 11.2 Å². The number of morpholine rings is 1. The summed E-state index contributed by atoms with van der Waals surface area (Å²) in [5.41, 5.74) is 1.05. The van der Waals surface area contributed by atoms with Gasteiger partial charge in [-0.3, -0.25) is 4.79 Å². The van der Waals surface area contributed by atoms with Gasteiger partial charge in [-0.2, -0.15) is 0 Å². The first-order valence-electron chi connectivity index (χ1n) is 8.14. The van der Waals surface area contributed by atoms with Crippen molar-refractivity contribution in [2.24, 2.45) is 0 Å². The molecule has 25 heavy (non-hydrogen) atoms. The summed E-state index contributed by atoms with van der Waals surface area (Å²) in [6.07, 6.45) is 0.545. The number of rotatable bonds is 6. The van der Waals surface area contributed by atoms with Crippen molar-refractivity contribution in [1.29, 1.82) is 0 Å². The molecule has 0 saturated carbocycles. The maximum atomic E-state index is 12.4. The van der Waals surface area contributed by atoms with Gasteiger partial charge < -0.3 is 18.8 Å². The van der Waals surface area contributed by atoms with Gasteiger partial charge in [-0.25, -0.2) is 0 Å². The van der Waals surface area contributed by atoms with Crippen molar-refractivity contribution in [3.63, 3.8) is 0 Å². The van der Waals surface area contributed by atoms with Crippen molar-refractivity contribution in [3.05, 3.63) is 35.7 Å². The number of ether oxygens (including phenoxy) is 2. The van der Waals surface area contributed by atoms with E-state index in [9.17, 15) is 4.79 Å². The van der Waals surface area contributed by atoms with Crippen LogP contribution in [0.3, 0.4) is 0 Å². The number of nitrogens with zero attached hydrogens (tertiary/aromatic N) is 3. The molecule has 2 heterocycles. The van der Waals surface area contributed by atoms with Crippen LogP contribution in [-0.4, -0.2) is 59.7 Å². The molecule has 1 atom stereocenters. The Labute approximate surface area is 150 Å². The summed E-state index contributed by atoms with van der Waals surface area (Å²) in [6.45, 7) is 4.31. The third-order valence-corrected chi connectivity index (χ3v) is 4.83. The molecule has 0 aliphatic carbocycles. The minimum absolute atomic E-state index is 0.0724. The van der Waals surface area contributed by atoms with E-state index in [1.807, 2.05) is 36.1 Å². The Hall–Kier alpha value is -2.06. The van der Waals surface area contributed by atoms with Gasteiger partial charge in [0.25, 0.3) is 5.22 Å². The Morgan fingerprint density at radius 1 is 1.28 bits per heavy atom. The number of amides is 1. The highest BCUT2D eigenvalue weighted by Crippen LogP contribution is 2.24. The predicted molar refractivity (Wildman–Crippen MR) is 92.8 cm³/mol. The summed E-state index contributed by atoms with van der Waals surface area (Å²) < 4.78 is 16.1. The van der Waals surface area contributed by atoms with E-state index in [4.69, 9.17) is 13.9 Å². The Morgan fingerprint density at radius 3 is 2.68 bits per heavy atom. The number of carbonyl (C=O) groups excluding carboxylic acids is 1. The molecule has 1 unspecified atom stereocenters. The van der Waals surface area contributed by atoms with E-state index in [0.717, 1.165) is 11.3 Å². The zero-order valence-corrected chi connectivity index (χ0v) is 15.1. The van der Waals surface area contributed by atoms with Crippen molar-refractivity contribution < 1.29 is 18.7 Å². The largest absolute Gasteiger partial charge is 0.497 e. The fraction of sp³-hybridized carbons (Fsp3) is 0.471. The number of benzene rings is 1. The Morgan fingerprint density at radius 2 is 2.00 bits per heavy atom. The lowest BCUT2D eigenvalue weighted by Gasteiger charge is -2.28. The molecule has 8 heteroatoms. The van der Waals surface area contributed by atoms with Crippen molar-refractivity contribution >= 4 is 17.7 Å². The van der Waals surface area contributed by atoms with Crippen LogP contribution in [0.15, 0.2) is 33.9 Å². The van der Waals surface area contributed by atoms with Crippen molar-refractivity contribution in [1.82, 2.24) is 15.1 Å². The molecule has 1 fully saturated rings. The lowest BCUT2D eigenvalue weighted by Crippen LogP contribution is -2.44. The summed E-state index contributed by atoms with van der Waals surface area (Å²) in [7, 11) is 1.63. The number of aromatic nitrogens is 2. The lowest BCUT2D eigenvalue weighted by atomic mass is 10.1. The average Bonchev–Trinajstić information content (AvgIpc) is 3.09. The van der Waals surface area contributed by atoms with Gasteiger partial charge in [0.05, 0.1) is 32.0 Å². The molecule has 0 bridgehead atoms. The molecule has 1 aromatic heterocycles. The summed E-state index contributed by atoms with van der Waals surface area (Å²) in [5.74, 6) is 1.41. The van der Waals surface area contributed by atoms with Gasteiger partial charge in [0.1, 0.15) is 5.75 Å². The third-order valence-electron chi connectivity index (χ3n) is 3.91. The predicted octanol–water partition coefficient (Wildman–Crippen LogP) is 2.01. The molecular weight excluding hydrogens is 342 g/mol. The second-order valence-electron chi connectivity index (χ2n) is 5.68. The number of thioether (sulfide) groups is 1. The van der Waals surface area contributed by atoms with Gasteiger partial charge in [-0.1, -0.05) is 23.9 Å². The highest BCUT2D eigenvalue weighted by molar-refractivity contribution is 8.00. The standard InChI is InChI=1S/C17H21N3O4S/c1-12(16(21)20-7-9-23-10-8-20)25-17-19-18-15(24-17)11-13-3-5-14(22-2)6-4-13/h3-6,12H,7-11H2,1-2H3. The fourth-order valence-corrected chi connectivity index (χ4v) is 3.30. The summed E-state index contributed by atoms with van der Waals surface area (Å²) in [6, 6.07) is 7.70. The Bertz CT molecular complexity index is 698. The van der Waals surface area contributed by atoms with Crippen molar-refractivity contribution in [3.8, 4) is 5.75 Å². The van der Waals surface area contributed by atoms with Crippen molar-refractivity contribution in [2.75, 3.05) is 33.4 Å². The second kappa shape index (κ2) is 8.35. The summed E-state index contributed by atoms with van der Waals surface area (Å²) in [4.78, 5) is 14.2. The smallest absolute Gasteiger partial charge is 0.277 e. The zero-order chi connectivity index (χ0) is 17.6. The van der Waals surface area contributed by atoms with E-state index in [1.165, 1.54) is 11.8 Å². The monoisotopic (exact) mass is 363 g/mol. The topological polar surface area (TPSA) is 77.7 Å². The molecule has 1 saturated heterocycles. The van der Waals surface area contributed by atoms with Crippen LogP contribution in [-0.2, 0) is 16.0 Å². The molecule has 1 amide bonds. The molecule has 0 radical (unpaired) electrons. The zero-order valence-electron chi connectivity index (χ0n) is 14.3. The average molecular weight is 363 g/mol. The molecule has 1 aliphatic heterocycles. The first-order chi connectivity index (χ1) is 12.2. The number of hydrogen-bond acceptors (Lipinski definition) is 7. The summed E-state index contributed by atoms with van der Waals surface area (Å²) in [5, 5.41) is 8.25. The van der Waals surface area contributed by atoms with Gasteiger partial charge in [0.2, 0.25) is 11.8 Å². The Kier molecular flexibility index (Phi) is 5.93. The molecule has 2 aromatic rings. The number of carbonyl (C=O) groups is 1. The molecule has 3 rings (SSSR count). The summed E-state index contributed by atoms with van der Waals surface area (Å²) >= 11 is 1.29. The normalized spacial score (nSPS) is 15.8. The van der Waals surface area contributed by atoms with Crippen LogP contribution < -0.4 is 4.74 Å². The highest BCUT2D eigenvalue weighted by atomic mass is 32.2. The first kappa shape index (κ1) is 17.8. The van der Waals surface area contributed by atoms with Crippen LogP contribution in [0.2, 0.25) is 0 Å². The fourth-order valence-electron chi connectivity index (χ4n) is 2.52. The van der Waals surface area contributed by atoms with Crippen LogP contribution in [0.1, 0.15) is 18.4 Å².